The average Bonchev–Trinajstić information content (AvgIpc) is 2.73. The number of aromatic nitrogens is 1. The van der Waals surface area contributed by atoms with Crippen LogP contribution in [0.25, 0.3) is 0 Å². The van der Waals surface area contributed by atoms with Crippen LogP contribution < -0.4 is 4.90 Å². The molecule has 5 heteroatoms. The molecular formula is C14H14BrN3S. The first-order chi connectivity index (χ1) is 9.01. The van der Waals surface area contributed by atoms with E-state index in [0.29, 0.717) is 5.56 Å². The molecule has 0 aromatic carbocycles. The lowest BCUT2D eigenvalue weighted by Gasteiger charge is -2.21. The second-order valence-corrected chi connectivity index (χ2v) is 6.35. The lowest BCUT2D eigenvalue weighted by Crippen LogP contribution is -2.18. The van der Waals surface area contributed by atoms with Gasteiger partial charge in [0.25, 0.3) is 0 Å². The number of halogens is 1. The van der Waals surface area contributed by atoms with Crippen molar-refractivity contribution in [3.05, 3.63) is 43.8 Å². The number of hydrogen-bond acceptors (Lipinski definition) is 4. The molecular weight excluding hydrogens is 322 g/mol. The number of anilines is 1. The van der Waals surface area contributed by atoms with E-state index < -0.39 is 0 Å². The van der Waals surface area contributed by atoms with Gasteiger partial charge in [0, 0.05) is 27.5 Å². The van der Waals surface area contributed by atoms with E-state index in [2.05, 4.69) is 43.3 Å². The smallest absolute Gasteiger partial charge is 0.103 e. The molecule has 2 aromatic heterocycles. The molecule has 0 bridgehead atoms. The van der Waals surface area contributed by atoms with Crippen molar-refractivity contribution >= 4 is 33.0 Å². The van der Waals surface area contributed by atoms with Crippen LogP contribution in [0.4, 0.5) is 5.69 Å². The second-order valence-electron chi connectivity index (χ2n) is 4.44. The van der Waals surface area contributed by atoms with Crippen LogP contribution in [-0.4, -0.2) is 12.0 Å². The van der Waals surface area contributed by atoms with Crippen LogP contribution in [0.3, 0.4) is 0 Å². The van der Waals surface area contributed by atoms with Crippen molar-refractivity contribution in [1.29, 1.82) is 5.26 Å². The highest BCUT2D eigenvalue weighted by Gasteiger charge is 2.13. The standard InChI is InChI=1S/C14H14BrN3S/c1-9-4-14(13(6-16)10(2)17-9)18(3)7-12-5-11(15)8-19-12/h4-5,8H,7H2,1-3H3. The van der Waals surface area contributed by atoms with Crippen molar-refractivity contribution in [3.8, 4) is 6.07 Å². The first kappa shape index (κ1) is 14.0. The fraction of sp³-hybridized carbons (Fsp3) is 0.286. The molecule has 0 fully saturated rings. The van der Waals surface area contributed by atoms with E-state index in [9.17, 15) is 5.26 Å². The SMILES string of the molecule is Cc1cc(N(C)Cc2cc(Br)cs2)c(C#N)c(C)n1. The summed E-state index contributed by atoms with van der Waals surface area (Å²) in [6.45, 7) is 4.62. The van der Waals surface area contributed by atoms with Crippen LogP contribution >= 0.6 is 27.3 Å². The van der Waals surface area contributed by atoms with Gasteiger partial charge in [-0.1, -0.05) is 0 Å². The highest BCUT2D eigenvalue weighted by Crippen LogP contribution is 2.26. The maximum absolute atomic E-state index is 9.29. The fourth-order valence-electron chi connectivity index (χ4n) is 2.00. The predicted octanol–water partition coefficient (Wildman–Crippen LogP) is 4.03. The predicted molar refractivity (Wildman–Crippen MR) is 82.6 cm³/mol. The van der Waals surface area contributed by atoms with Gasteiger partial charge in [-0.25, -0.2) is 0 Å². The Hall–Kier alpha value is -1.38. The molecule has 2 aromatic rings. The van der Waals surface area contributed by atoms with Crippen LogP contribution in [-0.2, 0) is 6.54 Å². The Kier molecular flexibility index (Phi) is 4.23. The van der Waals surface area contributed by atoms with E-state index in [1.165, 1.54) is 4.88 Å². The molecule has 98 valence electrons. The van der Waals surface area contributed by atoms with Crippen LogP contribution in [0.15, 0.2) is 22.0 Å². The molecule has 0 aliphatic heterocycles. The third-order valence-corrected chi connectivity index (χ3v) is 4.53. The summed E-state index contributed by atoms with van der Waals surface area (Å²) in [6, 6.07) is 6.32. The van der Waals surface area contributed by atoms with Crippen molar-refractivity contribution in [2.45, 2.75) is 20.4 Å². The van der Waals surface area contributed by atoms with Gasteiger partial charge in [0.1, 0.15) is 6.07 Å². The Bertz CT molecular complexity index is 643. The van der Waals surface area contributed by atoms with Crippen LogP contribution in [0.5, 0.6) is 0 Å². The number of pyridine rings is 1. The third-order valence-electron chi connectivity index (χ3n) is 2.85. The van der Waals surface area contributed by atoms with Crippen molar-refractivity contribution in [1.82, 2.24) is 4.98 Å². The van der Waals surface area contributed by atoms with Crippen molar-refractivity contribution in [3.63, 3.8) is 0 Å². The van der Waals surface area contributed by atoms with E-state index >= 15 is 0 Å². The Balaban J connectivity index is 2.33. The molecule has 0 N–H and O–H groups in total. The summed E-state index contributed by atoms with van der Waals surface area (Å²) in [6.07, 6.45) is 0. The van der Waals surface area contributed by atoms with Gasteiger partial charge >= 0.3 is 0 Å². The van der Waals surface area contributed by atoms with Crippen molar-refractivity contribution < 1.29 is 0 Å². The summed E-state index contributed by atoms with van der Waals surface area (Å²) in [5.74, 6) is 0. The summed E-state index contributed by atoms with van der Waals surface area (Å²) < 4.78 is 1.10. The molecule has 0 spiro atoms. The largest absolute Gasteiger partial charge is 0.368 e. The minimum absolute atomic E-state index is 0.656. The molecule has 0 saturated heterocycles. The van der Waals surface area contributed by atoms with Gasteiger partial charge in [-0.05, 0) is 41.9 Å². The van der Waals surface area contributed by atoms with E-state index in [1.807, 2.05) is 27.0 Å². The van der Waals surface area contributed by atoms with Gasteiger partial charge < -0.3 is 4.90 Å². The zero-order valence-electron chi connectivity index (χ0n) is 11.1. The minimum Gasteiger partial charge on any atom is -0.368 e. The zero-order chi connectivity index (χ0) is 14.0. The average molecular weight is 336 g/mol. The number of nitrogens with zero attached hydrogens (tertiary/aromatic N) is 3. The van der Waals surface area contributed by atoms with Gasteiger partial charge in [-0.3, -0.25) is 4.98 Å². The molecule has 2 rings (SSSR count). The van der Waals surface area contributed by atoms with Crippen molar-refractivity contribution in [2.24, 2.45) is 0 Å². The number of rotatable bonds is 3. The molecule has 2 heterocycles. The van der Waals surface area contributed by atoms with Gasteiger partial charge in [0.05, 0.1) is 23.5 Å². The topological polar surface area (TPSA) is 39.9 Å². The Labute approximate surface area is 125 Å². The minimum atomic E-state index is 0.656. The number of nitriles is 1. The molecule has 0 aliphatic carbocycles. The van der Waals surface area contributed by atoms with Crippen LogP contribution in [0.1, 0.15) is 21.8 Å². The van der Waals surface area contributed by atoms with Crippen molar-refractivity contribution in [2.75, 3.05) is 11.9 Å². The normalized spacial score (nSPS) is 10.3. The van der Waals surface area contributed by atoms with Gasteiger partial charge in [-0.2, -0.15) is 5.26 Å². The maximum Gasteiger partial charge on any atom is 0.103 e. The Morgan fingerprint density at radius 1 is 1.42 bits per heavy atom. The lowest BCUT2D eigenvalue weighted by molar-refractivity contribution is 0.926. The van der Waals surface area contributed by atoms with E-state index in [4.69, 9.17) is 0 Å². The highest BCUT2D eigenvalue weighted by molar-refractivity contribution is 9.10. The van der Waals surface area contributed by atoms with Gasteiger partial charge in [-0.15, -0.1) is 11.3 Å². The van der Waals surface area contributed by atoms with E-state index in [-0.39, 0.29) is 0 Å². The summed E-state index contributed by atoms with van der Waals surface area (Å²) >= 11 is 5.17. The number of aryl methyl sites for hydroxylation is 2. The monoisotopic (exact) mass is 335 g/mol. The molecule has 0 radical (unpaired) electrons. The number of thiophene rings is 1. The van der Waals surface area contributed by atoms with Crippen LogP contribution in [0.2, 0.25) is 0 Å². The third kappa shape index (κ3) is 3.14. The first-order valence-electron chi connectivity index (χ1n) is 5.83. The Morgan fingerprint density at radius 3 is 2.74 bits per heavy atom. The van der Waals surface area contributed by atoms with E-state index in [0.717, 1.165) is 28.1 Å². The second kappa shape index (κ2) is 5.72. The number of hydrogen-bond donors (Lipinski definition) is 0. The lowest BCUT2D eigenvalue weighted by atomic mass is 10.1. The highest BCUT2D eigenvalue weighted by atomic mass is 79.9. The molecule has 0 aliphatic rings. The van der Waals surface area contributed by atoms with Gasteiger partial charge in [0.2, 0.25) is 0 Å². The van der Waals surface area contributed by atoms with Crippen LogP contribution in [0, 0.1) is 25.2 Å². The summed E-state index contributed by atoms with van der Waals surface area (Å²) in [7, 11) is 2.00. The summed E-state index contributed by atoms with van der Waals surface area (Å²) in [5, 5.41) is 11.4. The Morgan fingerprint density at radius 2 is 2.16 bits per heavy atom. The fourth-order valence-corrected chi connectivity index (χ4v) is 3.51. The molecule has 19 heavy (non-hydrogen) atoms. The quantitative estimate of drug-likeness (QED) is 0.850. The van der Waals surface area contributed by atoms with E-state index in [1.54, 1.807) is 11.3 Å². The molecule has 0 atom stereocenters. The summed E-state index contributed by atoms with van der Waals surface area (Å²) in [4.78, 5) is 7.70. The molecule has 0 amide bonds. The summed E-state index contributed by atoms with van der Waals surface area (Å²) in [5.41, 5.74) is 3.32. The molecule has 0 saturated carbocycles. The zero-order valence-corrected chi connectivity index (χ0v) is 13.5. The van der Waals surface area contributed by atoms with Gasteiger partial charge in [0.15, 0.2) is 0 Å². The first-order valence-corrected chi connectivity index (χ1v) is 7.51. The molecule has 3 nitrogen and oxygen atoms in total. The molecule has 0 unspecified atom stereocenters. The maximum atomic E-state index is 9.29.